The zero-order valence-corrected chi connectivity index (χ0v) is 3.95. The first-order valence-electron chi connectivity index (χ1n) is 2.12. The van der Waals surface area contributed by atoms with E-state index in [0.29, 0.717) is 0 Å². The largest absolute Gasteiger partial charge is 0.325 e. The SMILES string of the molecule is CCC(N)CF. The average molecular weight is 91.1 g/mol. The van der Waals surface area contributed by atoms with Crippen molar-refractivity contribution in [2.75, 3.05) is 6.67 Å². The van der Waals surface area contributed by atoms with E-state index in [2.05, 4.69) is 0 Å². The average Bonchev–Trinajstić information content (AvgIpc) is 1.65. The lowest BCUT2D eigenvalue weighted by Crippen LogP contribution is -2.20. The quantitative estimate of drug-likeness (QED) is 0.531. The predicted molar refractivity (Wildman–Crippen MR) is 24.2 cm³/mol. The van der Waals surface area contributed by atoms with E-state index in [9.17, 15) is 4.39 Å². The monoisotopic (exact) mass is 91.1 g/mol. The van der Waals surface area contributed by atoms with Gasteiger partial charge in [0.05, 0.1) is 0 Å². The van der Waals surface area contributed by atoms with Crippen molar-refractivity contribution in [3.05, 3.63) is 0 Å². The molecule has 0 aliphatic heterocycles. The van der Waals surface area contributed by atoms with Crippen LogP contribution in [0.2, 0.25) is 0 Å². The van der Waals surface area contributed by atoms with Crippen LogP contribution in [0, 0.1) is 0 Å². The first kappa shape index (κ1) is 5.89. The summed E-state index contributed by atoms with van der Waals surface area (Å²) >= 11 is 0. The number of nitrogens with two attached hydrogens (primary N) is 1. The molecule has 0 amide bonds. The second-order valence-corrected chi connectivity index (χ2v) is 1.32. The van der Waals surface area contributed by atoms with Crippen LogP contribution in [0.15, 0.2) is 0 Å². The number of alkyl halides is 1. The Morgan fingerprint density at radius 2 is 2.33 bits per heavy atom. The van der Waals surface area contributed by atoms with Crippen LogP contribution in [0.3, 0.4) is 0 Å². The third kappa shape index (κ3) is 2.15. The Morgan fingerprint density at radius 3 is 2.33 bits per heavy atom. The molecule has 2 heteroatoms. The minimum atomic E-state index is -0.392. The van der Waals surface area contributed by atoms with Gasteiger partial charge in [0.1, 0.15) is 6.67 Å². The van der Waals surface area contributed by atoms with Crippen molar-refractivity contribution in [3.63, 3.8) is 0 Å². The summed E-state index contributed by atoms with van der Waals surface area (Å²) in [6.45, 7) is 1.47. The summed E-state index contributed by atoms with van der Waals surface area (Å²) in [5.74, 6) is 0. The molecular formula is C4H10FN. The Balaban J connectivity index is 2.75. The van der Waals surface area contributed by atoms with E-state index in [0.717, 1.165) is 6.42 Å². The smallest absolute Gasteiger partial charge is 0.104 e. The molecule has 0 aliphatic carbocycles. The van der Waals surface area contributed by atoms with Gasteiger partial charge >= 0.3 is 0 Å². The number of hydrogen-bond donors (Lipinski definition) is 1. The van der Waals surface area contributed by atoms with Gasteiger partial charge in [-0.25, -0.2) is 4.39 Å². The molecule has 0 bridgehead atoms. The fraction of sp³-hybridized carbons (Fsp3) is 1.00. The van der Waals surface area contributed by atoms with Gasteiger partial charge in [-0.1, -0.05) is 6.92 Å². The molecular weight excluding hydrogens is 81.0 g/mol. The number of halogens is 1. The van der Waals surface area contributed by atoms with Crippen LogP contribution in [0.1, 0.15) is 13.3 Å². The van der Waals surface area contributed by atoms with Crippen molar-refractivity contribution in [2.45, 2.75) is 19.4 Å². The summed E-state index contributed by atoms with van der Waals surface area (Å²) in [5.41, 5.74) is 5.10. The lowest BCUT2D eigenvalue weighted by Gasteiger charge is -1.96. The van der Waals surface area contributed by atoms with Gasteiger partial charge in [-0.2, -0.15) is 0 Å². The van der Waals surface area contributed by atoms with Gasteiger partial charge in [-0.15, -0.1) is 0 Å². The van der Waals surface area contributed by atoms with Crippen LogP contribution < -0.4 is 5.73 Å². The molecule has 0 spiro atoms. The zero-order valence-electron chi connectivity index (χ0n) is 3.95. The van der Waals surface area contributed by atoms with Crippen molar-refractivity contribution in [2.24, 2.45) is 5.73 Å². The Morgan fingerprint density at radius 1 is 1.83 bits per heavy atom. The highest BCUT2D eigenvalue weighted by atomic mass is 19.1. The summed E-state index contributed by atoms with van der Waals surface area (Å²) in [6, 6.07) is -0.231. The summed E-state index contributed by atoms with van der Waals surface area (Å²) < 4.78 is 11.3. The normalized spacial score (nSPS) is 14.5. The minimum Gasteiger partial charge on any atom is -0.325 e. The highest BCUT2D eigenvalue weighted by Crippen LogP contribution is 1.83. The van der Waals surface area contributed by atoms with Crippen LogP contribution >= 0.6 is 0 Å². The molecule has 0 saturated carbocycles. The third-order valence-corrected chi connectivity index (χ3v) is 0.723. The number of hydrogen-bond acceptors (Lipinski definition) is 1. The summed E-state index contributed by atoms with van der Waals surface area (Å²) in [5, 5.41) is 0. The van der Waals surface area contributed by atoms with Gasteiger partial charge in [-0.3, -0.25) is 0 Å². The maximum atomic E-state index is 11.3. The lowest BCUT2D eigenvalue weighted by atomic mass is 10.3. The highest BCUT2D eigenvalue weighted by Gasteiger charge is 1.92. The van der Waals surface area contributed by atoms with Crippen molar-refractivity contribution < 1.29 is 4.39 Å². The molecule has 0 heterocycles. The van der Waals surface area contributed by atoms with Crippen molar-refractivity contribution in [1.82, 2.24) is 0 Å². The highest BCUT2D eigenvalue weighted by molar-refractivity contribution is 4.52. The van der Waals surface area contributed by atoms with Crippen LogP contribution in [-0.2, 0) is 0 Å². The Kier molecular flexibility index (Phi) is 3.04. The molecule has 2 N–H and O–H groups in total. The maximum Gasteiger partial charge on any atom is 0.104 e. The van der Waals surface area contributed by atoms with Gasteiger partial charge in [0, 0.05) is 6.04 Å². The first-order chi connectivity index (χ1) is 2.81. The summed E-state index contributed by atoms with van der Waals surface area (Å²) in [6.07, 6.45) is 0.733. The van der Waals surface area contributed by atoms with Gasteiger partial charge < -0.3 is 5.73 Å². The fourth-order valence-electron chi connectivity index (χ4n) is 0.109. The minimum absolute atomic E-state index is 0.231. The maximum absolute atomic E-state index is 11.3. The van der Waals surface area contributed by atoms with Crippen molar-refractivity contribution in [1.29, 1.82) is 0 Å². The van der Waals surface area contributed by atoms with E-state index in [-0.39, 0.29) is 6.04 Å². The van der Waals surface area contributed by atoms with E-state index < -0.39 is 6.67 Å². The molecule has 1 atom stereocenters. The van der Waals surface area contributed by atoms with E-state index in [4.69, 9.17) is 5.73 Å². The molecule has 0 saturated heterocycles. The number of rotatable bonds is 2. The molecule has 1 unspecified atom stereocenters. The van der Waals surface area contributed by atoms with Crippen molar-refractivity contribution >= 4 is 0 Å². The molecule has 0 aromatic rings. The standard InChI is InChI=1S/C4H10FN/c1-2-4(6)3-5/h4H,2-3,6H2,1H3. The van der Waals surface area contributed by atoms with E-state index >= 15 is 0 Å². The molecule has 0 radical (unpaired) electrons. The Hall–Kier alpha value is -0.110. The molecule has 0 aromatic heterocycles. The van der Waals surface area contributed by atoms with Crippen LogP contribution in [0.25, 0.3) is 0 Å². The molecule has 0 rings (SSSR count). The predicted octanol–water partition coefficient (Wildman–Crippen LogP) is 0.693. The fourth-order valence-corrected chi connectivity index (χ4v) is 0.109. The van der Waals surface area contributed by atoms with Gasteiger partial charge in [0.2, 0.25) is 0 Å². The second kappa shape index (κ2) is 3.09. The molecule has 0 aliphatic rings. The molecule has 38 valence electrons. The van der Waals surface area contributed by atoms with Gasteiger partial charge in [-0.05, 0) is 6.42 Å². The Labute approximate surface area is 37.3 Å². The summed E-state index contributed by atoms with van der Waals surface area (Å²) in [7, 11) is 0. The van der Waals surface area contributed by atoms with E-state index in [1.165, 1.54) is 0 Å². The zero-order chi connectivity index (χ0) is 4.99. The lowest BCUT2D eigenvalue weighted by molar-refractivity contribution is 0.422. The molecule has 0 fully saturated rings. The van der Waals surface area contributed by atoms with Crippen molar-refractivity contribution in [3.8, 4) is 0 Å². The van der Waals surface area contributed by atoms with E-state index in [1.807, 2.05) is 6.92 Å². The first-order valence-corrected chi connectivity index (χ1v) is 2.12. The molecule has 0 aromatic carbocycles. The second-order valence-electron chi connectivity index (χ2n) is 1.32. The van der Waals surface area contributed by atoms with E-state index in [1.54, 1.807) is 0 Å². The third-order valence-electron chi connectivity index (χ3n) is 0.723. The van der Waals surface area contributed by atoms with Gasteiger partial charge in [0.15, 0.2) is 0 Å². The van der Waals surface area contributed by atoms with Crippen LogP contribution in [0.5, 0.6) is 0 Å². The Bertz CT molecular complexity index is 26.7. The van der Waals surface area contributed by atoms with Crippen LogP contribution in [-0.4, -0.2) is 12.7 Å². The summed E-state index contributed by atoms with van der Waals surface area (Å²) in [4.78, 5) is 0. The van der Waals surface area contributed by atoms with Gasteiger partial charge in [0.25, 0.3) is 0 Å². The molecule has 6 heavy (non-hydrogen) atoms. The topological polar surface area (TPSA) is 26.0 Å². The van der Waals surface area contributed by atoms with Crippen LogP contribution in [0.4, 0.5) is 4.39 Å². The molecule has 1 nitrogen and oxygen atoms in total.